The van der Waals surface area contributed by atoms with Gasteiger partial charge in [0.05, 0.1) is 18.3 Å². The average molecular weight is 868 g/mol. The van der Waals surface area contributed by atoms with E-state index in [1.165, 1.54) is 0 Å². The number of amides is 5. The number of H-pyrrole nitrogens is 1. The fourth-order valence-corrected chi connectivity index (χ4v) is 8.74. The van der Waals surface area contributed by atoms with Crippen LogP contribution in [0, 0.1) is 17.8 Å². The molecular formula is C44H69N9O9. The van der Waals surface area contributed by atoms with E-state index in [-0.39, 0.29) is 80.7 Å². The Morgan fingerprint density at radius 3 is 2.08 bits per heavy atom. The highest BCUT2D eigenvalue weighted by Crippen LogP contribution is 2.24. The van der Waals surface area contributed by atoms with Crippen molar-refractivity contribution in [2.45, 2.75) is 146 Å². The molecule has 1 aliphatic carbocycles. The van der Waals surface area contributed by atoms with Crippen molar-refractivity contribution in [2.24, 2.45) is 29.2 Å². The third-order valence-electron chi connectivity index (χ3n) is 11.8. The van der Waals surface area contributed by atoms with Gasteiger partial charge in [0.25, 0.3) is 0 Å². The Labute approximate surface area is 363 Å². The van der Waals surface area contributed by atoms with Crippen LogP contribution in [0.4, 0.5) is 0 Å². The van der Waals surface area contributed by atoms with E-state index in [0.717, 1.165) is 42.1 Å². The lowest BCUT2D eigenvalue weighted by Crippen LogP contribution is -2.57. The summed E-state index contributed by atoms with van der Waals surface area (Å²) < 4.78 is 0. The van der Waals surface area contributed by atoms with E-state index >= 15 is 0 Å². The van der Waals surface area contributed by atoms with Crippen LogP contribution in [0.2, 0.25) is 0 Å². The highest BCUT2D eigenvalue weighted by atomic mass is 16.4. The van der Waals surface area contributed by atoms with Gasteiger partial charge >= 0.3 is 11.9 Å². The second-order valence-electron chi connectivity index (χ2n) is 17.5. The number of aromatic amines is 1. The first-order valence-corrected chi connectivity index (χ1v) is 22.3. The summed E-state index contributed by atoms with van der Waals surface area (Å²) in [6.07, 6.45) is 6.47. The SMILES string of the molecule is CC(C)C[C@@H](CC(=O)N[C@@H](CCCN)CC(=O)N[C@@H]1CCNC[C@H]1C(=O)N[C@H](CC(=O)N[C@@H](CCC(=O)O)CC(=O)O)Cc1c[nH]c2ccccc12)NC(=O)[C@@H]1CCCC[C@H]1N. The summed E-state index contributed by atoms with van der Waals surface area (Å²) in [5.74, 6) is -4.80. The number of hydrogen-bond acceptors (Lipinski definition) is 10. The van der Waals surface area contributed by atoms with Crippen molar-refractivity contribution in [3.8, 4) is 0 Å². The van der Waals surface area contributed by atoms with Crippen LogP contribution < -0.4 is 43.4 Å². The molecule has 2 aliphatic rings. The zero-order chi connectivity index (χ0) is 45.2. The Morgan fingerprint density at radius 1 is 0.758 bits per heavy atom. The van der Waals surface area contributed by atoms with Gasteiger partial charge in [-0.05, 0) is 82.0 Å². The molecule has 18 nitrogen and oxygen atoms in total. The quantitative estimate of drug-likeness (QED) is 0.0678. The van der Waals surface area contributed by atoms with Gasteiger partial charge in [-0.2, -0.15) is 0 Å². The molecule has 344 valence electrons. The van der Waals surface area contributed by atoms with Crippen LogP contribution in [-0.2, 0) is 40.0 Å². The third kappa shape index (κ3) is 16.7. The molecule has 4 rings (SSSR count). The topological polar surface area (TPSA) is 300 Å². The lowest BCUT2D eigenvalue weighted by Gasteiger charge is -2.33. The molecule has 0 radical (unpaired) electrons. The minimum Gasteiger partial charge on any atom is -0.481 e. The maximum Gasteiger partial charge on any atom is 0.305 e. The number of carboxylic acid groups (broad SMARTS) is 2. The van der Waals surface area contributed by atoms with Crippen LogP contribution in [0.25, 0.3) is 10.9 Å². The van der Waals surface area contributed by atoms with E-state index in [4.69, 9.17) is 16.6 Å². The molecular weight excluding hydrogens is 799 g/mol. The molecule has 0 spiro atoms. The van der Waals surface area contributed by atoms with Gasteiger partial charge in [-0.15, -0.1) is 0 Å². The zero-order valence-electron chi connectivity index (χ0n) is 36.2. The van der Waals surface area contributed by atoms with Crippen molar-refractivity contribution in [3.63, 3.8) is 0 Å². The predicted molar refractivity (Wildman–Crippen MR) is 233 cm³/mol. The second kappa shape index (κ2) is 25.1. The molecule has 2 aromatic rings. The number of piperidine rings is 1. The summed E-state index contributed by atoms with van der Waals surface area (Å²) in [4.78, 5) is 93.8. The lowest BCUT2D eigenvalue weighted by molar-refractivity contribution is -0.140. The highest BCUT2D eigenvalue weighted by Gasteiger charge is 2.35. The zero-order valence-corrected chi connectivity index (χ0v) is 36.2. The number of rotatable bonds is 25. The molecule has 62 heavy (non-hydrogen) atoms. The van der Waals surface area contributed by atoms with Crippen LogP contribution in [-0.4, -0.2) is 113 Å². The number of fused-ring (bicyclic) bond motifs is 1. The number of aliphatic carboxylic acids is 2. The molecule has 1 saturated heterocycles. The summed E-state index contributed by atoms with van der Waals surface area (Å²) >= 11 is 0. The number of carbonyl (C=O) groups excluding carboxylic acids is 5. The number of nitrogens with one attached hydrogen (secondary N) is 7. The molecule has 5 amide bonds. The first kappa shape index (κ1) is 49.6. The van der Waals surface area contributed by atoms with Crippen molar-refractivity contribution in [3.05, 3.63) is 36.0 Å². The Hall–Kier alpha value is -5.07. The first-order valence-electron chi connectivity index (χ1n) is 22.3. The maximum atomic E-state index is 14.1. The van der Waals surface area contributed by atoms with E-state index < -0.39 is 66.3 Å². The first-order chi connectivity index (χ1) is 29.6. The summed E-state index contributed by atoms with van der Waals surface area (Å²) in [6, 6.07) is 4.21. The highest BCUT2D eigenvalue weighted by molar-refractivity contribution is 5.86. The van der Waals surface area contributed by atoms with Crippen LogP contribution in [0.1, 0.15) is 109 Å². The van der Waals surface area contributed by atoms with Crippen molar-refractivity contribution >= 4 is 52.4 Å². The molecule has 1 aromatic carbocycles. The summed E-state index contributed by atoms with van der Waals surface area (Å²) in [5.41, 5.74) is 13.8. The van der Waals surface area contributed by atoms with Gasteiger partial charge in [0, 0.05) is 85.6 Å². The third-order valence-corrected chi connectivity index (χ3v) is 11.8. The van der Waals surface area contributed by atoms with Crippen molar-refractivity contribution in [2.75, 3.05) is 19.6 Å². The Morgan fingerprint density at radius 2 is 1.40 bits per heavy atom. The van der Waals surface area contributed by atoms with E-state index in [1.807, 2.05) is 38.1 Å². The standard InChI is InChI=1S/C44H69N9O9/c1-26(2)18-30(51-43(61)33-10-3-5-11-35(33)46)21-38(54)49-28(8-7-16-45)20-40(56)53-37-15-17-47-25-34(37)44(62)52-31(19-27-24-48-36-12-6-4-9-32(27)36)22-39(55)50-29(23-42(59)60)13-14-41(57)58/h4,6,9,12,24,26,28-31,33-35,37,47-48H,3,5,7-8,10-11,13-23,25,45-46H2,1-2H3,(H,49,54)(H,50,55)(H,51,61)(H,52,62)(H,53,56)(H,57,58)(H,59,60)/t28-,29-,30-,31-,33+,34+,35+,37+/m0/s1. The van der Waals surface area contributed by atoms with Gasteiger partial charge in [-0.1, -0.05) is 44.9 Å². The van der Waals surface area contributed by atoms with Crippen LogP contribution in [0.15, 0.2) is 30.5 Å². The van der Waals surface area contributed by atoms with Gasteiger partial charge < -0.3 is 58.6 Å². The van der Waals surface area contributed by atoms with Crippen LogP contribution in [0.3, 0.4) is 0 Å². The number of nitrogens with two attached hydrogens (primary N) is 2. The van der Waals surface area contributed by atoms with Gasteiger partial charge in [0.15, 0.2) is 0 Å². The predicted octanol–water partition coefficient (Wildman–Crippen LogP) is 1.56. The maximum absolute atomic E-state index is 14.1. The van der Waals surface area contributed by atoms with E-state index in [2.05, 4.69) is 36.9 Å². The Balaban J connectivity index is 1.42. The van der Waals surface area contributed by atoms with Gasteiger partial charge in [-0.3, -0.25) is 33.6 Å². The number of benzene rings is 1. The summed E-state index contributed by atoms with van der Waals surface area (Å²) in [5, 5.41) is 37.5. The Kier molecular flexibility index (Phi) is 20.1. The Bertz CT molecular complexity index is 1820. The molecule has 2 fully saturated rings. The fraction of sp³-hybridized carbons (Fsp3) is 0.659. The van der Waals surface area contributed by atoms with Crippen LogP contribution in [0.5, 0.6) is 0 Å². The normalized spacial score (nSPS) is 20.9. The van der Waals surface area contributed by atoms with Crippen molar-refractivity contribution < 1.29 is 43.8 Å². The molecule has 2 heterocycles. The average Bonchev–Trinajstić information content (AvgIpc) is 3.61. The minimum atomic E-state index is -1.19. The van der Waals surface area contributed by atoms with E-state index in [1.54, 1.807) is 6.20 Å². The van der Waals surface area contributed by atoms with Crippen LogP contribution >= 0.6 is 0 Å². The molecule has 8 atom stereocenters. The minimum absolute atomic E-state index is 0.0451. The molecule has 0 bridgehead atoms. The number of aromatic nitrogens is 1. The monoisotopic (exact) mass is 868 g/mol. The lowest BCUT2D eigenvalue weighted by atomic mass is 9.84. The molecule has 1 saturated carbocycles. The number of hydrogen-bond donors (Lipinski definition) is 11. The molecule has 1 aromatic heterocycles. The number of carboxylic acids is 2. The van der Waals surface area contributed by atoms with E-state index in [0.29, 0.717) is 38.8 Å². The molecule has 18 heteroatoms. The molecule has 13 N–H and O–H groups in total. The second-order valence-corrected chi connectivity index (χ2v) is 17.5. The van der Waals surface area contributed by atoms with Gasteiger partial charge in [-0.25, -0.2) is 0 Å². The largest absolute Gasteiger partial charge is 0.481 e. The van der Waals surface area contributed by atoms with Crippen molar-refractivity contribution in [1.29, 1.82) is 0 Å². The van der Waals surface area contributed by atoms with Gasteiger partial charge in [0.1, 0.15) is 0 Å². The molecule has 0 unspecified atom stereocenters. The van der Waals surface area contributed by atoms with Gasteiger partial charge in [0.2, 0.25) is 29.5 Å². The number of para-hydroxylation sites is 1. The molecule has 1 aliphatic heterocycles. The fourth-order valence-electron chi connectivity index (χ4n) is 8.74. The summed E-state index contributed by atoms with van der Waals surface area (Å²) in [6.45, 7) is 5.21. The smallest absolute Gasteiger partial charge is 0.305 e. The van der Waals surface area contributed by atoms with Crippen molar-refractivity contribution in [1.82, 2.24) is 36.9 Å². The van der Waals surface area contributed by atoms with E-state index in [9.17, 15) is 38.7 Å². The summed E-state index contributed by atoms with van der Waals surface area (Å²) in [7, 11) is 0. The number of carbonyl (C=O) groups is 7.